The Balaban J connectivity index is 1.33. The number of nitrogens with one attached hydrogen (secondary N) is 8. The number of aromatic amines is 4. The zero-order valence-corrected chi connectivity index (χ0v) is 38.9. The van der Waals surface area contributed by atoms with Gasteiger partial charge >= 0.3 is 0 Å². The summed E-state index contributed by atoms with van der Waals surface area (Å²) in [6.07, 6.45) is 0. The first-order valence-corrected chi connectivity index (χ1v) is 23.4. The molecule has 0 aliphatic carbocycles. The number of hydrogen-bond acceptors (Lipinski definition) is 4. The van der Waals surface area contributed by atoms with Crippen LogP contribution >= 0.6 is 46.4 Å². The number of benzene rings is 4. The first-order valence-electron chi connectivity index (χ1n) is 21.3. The maximum absolute atomic E-state index is 12.9. The maximum Gasteiger partial charge on any atom is 0.246 e. The van der Waals surface area contributed by atoms with Gasteiger partial charge in [-0.05, 0) is 72.8 Å². The summed E-state index contributed by atoms with van der Waals surface area (Å²) in [5.41, 5.74) is 10.3. The molecule has 4 amide bonds. The van der Waals surface area contributed by atoms with E-state index in [1.54, 1.807) is 0 Å². The van der Waals surface area contributed by atoms with E-state index in [4.69, 9.17) is 46.4 Å². The van der Waals surface area contributed by atoms with Crippen molar-refractivity contribution >= 4 is 92.8 Å². The molecule has 8 bridgehead atoms. The molecule has 12 nitrogen and oxygen atoms in total. The molecular weight excluding hydrogens is 942 g/mol. The number of H-pyrrole nitrogens is 4. The molecule has 0 spiro atoms. The summed E-state index contributed by atoms with van der Waals surface area (Å²) in [6.45, 7) is 0. The average Bonchev–Trinajstić information content (AvgIpc) is 4.22. The minimum Gasteiger partial charge on any atom is -0.327 e. The number of carbonyl (C=O) groups excluding carboxylic acids is 4. The van der Waals surface area contributed by atoms with E-state index in [2.05, 4.69) is 41.2 Å². The van der Waals surface area contributed by atoms with Crippen molar-refractivity contribution in [3.8, 4) is 0 Å². The normalized spacial score (nSPS) is 12.2. The monoisotopic (exact) mass is 980 g/mol. The zero-order valence-electron chi connectivity index (χ0n) is 35.8. The van der Waals surface area contributed by atoms with E-state index < -0.39 is 0 Å². The van der Waals surface area contributed by atoms with Gasteiger partial charge in [-0.1, -0.05) is 0 Å². The van der Waals surface area contributed by atoms with Gasteiger partial charge in [0.15, 0.2) is 0 Å². The van der Waals surface area contributed by atoms with Gasteiger partial charge in [0.1, 0.15) is 138 Å². The molecular formula is C52H40Cl4N8O4+4. The predicted octanol–water partition coefficient (Wildman–Crippen LogP) is 10.1. The summed E-state index contributed by atoms with van der Waals surface area (Å²) in [7, 11) is 0. The van der Waals surface area contributed by atoms with Crippen LogP contribution in [-0.4, -0.2) is 67.1 Å². The number of fused-ring (bicyclic) bond motifs is 8. The zero-order chi connectivity index (χ0) is 47.3. The minimum absolute atomic E-state index is 0.248. The second kappa shape index (κ2) is 20.2. The molecule has 0 radical (unpaired) electrons. The summed E-state index contributed by atoms with van der Waals surface area (Å²) in [4.78, 5) is 66.4. The second-order valence-corrected chi connectivity index (χ2v) is 16.6. The van der Waals surface area contributed by atoms with Crippen molar-refractivity contribution in [1.82, 2.24) is 19.9 Å². The number of anilines is 4. The van der Waals surface area contributed by atoms with Crippen molar-refractivity contribution in [2.24, 2.45) is 0 Å². The molecule has 4 aromatic heterocycles. The fourth-order valence-corrected chi connectivity index (χ4v) is 8.73. The van der Waals surface area contributed by atoms with E-state index >= 15 is 0 Å². The SMILES string of the molecule is O=C(CCl)Nc1ccccc1[C+]1c2ccc([nH]2)[C+](c2ccccc2NC(=O)CCl)c2ccc([nH]2)[C+](c2ccccc2NC(=O)CCl)c2ccc([nH]2)[C+](c2ccccc2NC(=O)CCl)c2ccc1[nH]2. The molecule has 0 atom stereocenters. The predicted molar refractivity (Wildman–Crippen MR) is 269 cm³/mol. The smallest absolute Gasteiger partial charge is 0.246 e. The van der Waals surface area contributed by atoms with Gasteiger partial charge in [-0.25, -0.2) is 0 Å². The number of alkyl halides is 4. The number of halogens is 4. The first kappa shape index (κ1) is 45.7. The van der Waals surface area contributed by atoms with E-state index in [0.29, 0.717) is 114 Å². The maximum atomic E-state index is 12.9. The van der Waals surface area contributed by atoms with E-state index in [9.17, 15) is 19.2 Å². The fourth-order valence-electron chi connectivity index (χ4n) is 8.46. The van der Waals surface area contributed by atoms with Crippen LogP contribution in [0.2, 0.25) is 0 Å². The van der Waals surface area contributed by atoms with Crippen LogP contribution in [0.3, 0.4) is 0 Å². The van der Waals surface area contributed by atoms with Crippen molar-refractivity contribution in [2.45, 2.75) is 0 Å². The lowest BCUT2D eigenvalue weighted by atomic mass is 9.90. The Hall–Kier alpha value is -7.48. The Bertz CT molecular complexity index is 2650. The largest absolute Gasteiger partial charge is 0.327 e. The van der Waals surface area contributed by atoms with Gasteiger partial charge in [-0.15, -0.1) is 46.4 Å². The van der Waals surface area contributed by atoms with E-state index in [0.717, 1.165) is 0 Å². The molecule has 1 aliphatic heterocycles. The molecule has 68 heavy (non-hydrogen) atoms. The minimum atomic E-state index is -0.380. The third kappa shape index (κ3) is 9.27. The first-order chi connectivity index (χ1) is 33.2. The van der Waals surface area contributed by atoms with Crippen molar-refractivity contribution in [2.75, 3.05) is 44.8 Å². The number of aromatic nitrogens is 4. The Morgan fingerprint density at radius 1 is 0.309 bits per heavy atom. The quantitative estimate of drug-likeness (QED) is 0.0449. The second-order valence-electron chi connectivity index (χ2n) is 15.6. The molecule has 0 saturated carbocycles. The molecule has 5 heterocycles. The lowest BCUT2D eigenvalue weighted by Crippen LogP contribution is -2.18. The number of hydrogen-bond donors (Lipinski definition) is 8. The molecule has 16 heteroatoms. The van der Waals surface area contributed by atoms with Gasteiger partial charge < -0.3 is 19.9 Å². The Morgan fingerprint density at radius 2 is 0.485 bits per heavy atom. The number of carbonyl (C=O) groups is 4. The Kier molecular flexibility index (Phi) is 13.5. The third-order valence-corrected chi connectivity index (χ3v) is 12.2. The molecule has 0 unspecified atom stereocenters. The van der Waals surface area contributed by atoms with Crippen LogP contribution in [0.5, 0.6) is 0 Å². The third-order valence-electron chi connectivity index (χ3n) is 11.3. The van der Waals surface area contributed by atoms with Crippen LogP contribution in [0.1, 0.15) is 67.8 Å². The van der Waals surface area contributed by atoms with Gasteiger partial charge in [0, 0.05) is 24.3 Å². The van der Waals surface area contributed by atoms with Gasteiger partial charge in [0.25, 0.3) is 0 Å². The van der Waals surface area contributed by atoms with Crippen molar-refractivity contribution < 1.29 is 19.2 Å². The van der Waals surface area contributed by atoms with Gasteiger partial charge in [0.05, 0.1) is 48.5 Å². The van der Waals surface area contributed by atoms with Crippen LogP contribution in [0.25, 0.3) is 0 Å². The molecule has 8 aromatic rings. The molecule has 4 aromatic carbocycles. The summed E-state index contributed by atoms with van der Waals surface area (Å²) >= 11 is 24.1. The number of amides is 4. The number of rotatable bonds is 12. The highest BCUT2D eigenvalue weighted by Gasteiger charge is 2.40. The highest BCUT2D eigenvalue weighted by atomic mass is 35.5. The average molecular weight is 983 g/mol. The summed E-state index contributed by atoms with van der Waals surface area (Å²) in [5.74, 6) is 0.311. The Labute approximate surface area is 411 Å². The van der Waals surface area contributed by atoms with Crippen LogP contribution < -0.4 is 21.3 Å². The van der Waals surface area contributed by atoms with Crippen molar-refractivity contribution in [3.63, 3.8) is 0 Å². The van der Waals surface area contributed by atoms with Gasteiger partial charge in [0.2, 0.25) is 23.6 Å². The van der Waals surface area contributed by atoms with Crippen molar-refractivity contribution in [1.29, 1.82) is 0 Å². The summed E-state index contributed by atoms with van der Waals surface area (Å²) < 4.78 is 0. The topological polar surface area (TPSA) is 180 Å². The highest BCUT2D eigenvalue weighted by molar-refractivity contribution is 6.30. The Morgan fingerprint density at radius 3 is 0.662 bits per heavy atom. The van der Waals surface area contributed by atoms with E-state index in [1.165, 1.54) is 0 Å². The fraction of sp³-hybridized carbons (Fsp3) is 0.0769. The molecule has 9 rings (SSSR count). The molecule has 1 aliphatic rings. The van der Waals surface area contributed by atoms with Crippen LogP contribution in [0.15, 0.2) is 146 Å². The van der Waals surface area contributed by atoms with Crippen LogP contribution in [-0.2, 0) is 19.2 Å². The molecule has 0 saturated heterocycles. The lowest BCUT2D eigenvalue weighted by Gasteiger charge is -2.17. The lowest BCUT2D eigenvalue weighted by molar-refractivity contribution is -0.114. The highest BCUT2D eigenvalue weighted by Crippen LogP contribution is 2.44. The van der Waals surface area contributed by atoms with E-state index in [-0.39, 0.29) is 47.1 Å². The summed E-state index contributed by atoms with van der Waals surface area (Å²) in [5, 5.41) is 11.9. The van der Waals surface area contributed by atoms with Crippen LogP contribution in [0.4, 0.5) is 22.7 Å². The summed E-state index contributed by atoms with van der Waals surface area (Å²) in [6, 6.07) is 45.5. The van der Waals surface area contributed by atoms with Crippen molar-refractivity contribution in [3.05, 3.63) is 237 Å². The molecule has 336 valence electrons. The molecule has 0 fully saturated rings. The number of para-hydroxylation sites is 4. The van der Waals surface area contributed by atoms with Gasteiger partial charge in [-0.3, -0.25) is 40.4 Å². The standard InChI is InChI=1S/C52H36Cl4N8O4/c53-25-45(65)61-33-13-5-1-9-29(33)49-37-17-19-39(57-37)50(30-10-2-6-14-34(30)62-46(66)26-54)41-21-23-43(59-41)52(32-12-4-8-16-36(32)64-48(68)28-56)44-24-22-42(60-44)51(40-20-18-38(49)58-40)31-11-3-7-15-35(31)63-47(67)27-55/h1-24,57-60H,25-28H2/p+4. The van der Waals surface area contributed by atoms with E-state index in [1.807, 2.05) is 146 Å². The molecule has 8 N–H and O–H groups in total. The van der Waals surface area contributed by atoms with Gasteiger partial charge in [-0.2, -0.15) is 0 Å². The van der Waals surface area contributed by atoms with Crippen LogP contribution in [0, 0.1) is 23.7 Å².